The SMILES string of the molecule is COc1c(CNC2CC(C)(C)CC(C)(C)C2)c(C)nn1C. The van der Waals surface area contributed by atoms with Crippen LogP contribution in [0.15, 0.2) is 0 Å². The Kier molecular flexibility index (Phi) is 4.39. The molecule has 1 aliphatic carbocycles. The Morgan fingerprint density at radius 2 is 1.81 bits per heavy atom. The summed E-state index contributed by atoms with van der Waals surface area (Å²) in [4.78, 5) is 0. The number of methoxy groups -OCH3 is 1. The largest absolute Gasteiger partial charge is 0.481 e. The molecule has 4 heteroatoms. The predicted octanol–water partition coefficient (Wildman–Crippen LogP) is 3.43. The van der Waals surface area contributed by atoms with Crippen LogP contribution in [0.25, 0.3) is 0 Å². The van der Waals surface area contributed by atoms with Gasteiger partial charge in [0.05, 0.1) is 18.4 Å². The van der Waals surface area contributed by atoms with Crippen molar-refractivity contribution in [1.82, 2.24) is 15.1 Å². The fourth-order valence-electron chi connectivity index (χ4n) is 4.38. The molecule has 0 bridgehead atoms. The second kappa shape index (κ2) is 5.64. The molecule has 0 radical (unpaired) electrons. The van der Waals surface area contributed by atoms with E-state index in [0.29, 0.717) is 16.9 Å². The van der Waals surface area contributed by atoms with E-state index in [0.717, 1.165) is 18.1 Å². The number of nitrogens with zero attached hydrogens (tertiary/aromatic N) is 2. The van der Waals surface area contributed by atoms with Crippen molar-refractivity contribution in [1.29, 1.82) is 0 Å². The molecule has 4 nitrogen and oxygen atoms in total. The Morgan fingerprint density at radius 1 is 1.24 bits per heavy atom. The summed E-state index contributed by atoms with van der Waals surface area (Å²) in [6, 6.07) is 0.563. The van der Waals surface area contributed by atoms with E-state index < -0.39 is 0 Å². The van der Waals surface area contributed by atoms with Crippen molar-refractivity contribution < 1.29 is 4.74 Å². The highest BCUT2D eigenvalue weighted by Crippen LogP contribution is 2.45. The number of hydrogen-bond donors (Lipinski definition) is 1. The summed E-state index contributed by atoms with van der Waals surface area (Å²) in [5.74, 6) is 0.870. The summed E-state index contributed by atoms with van der Waals surface area (Å²) >= 11 is 0. The second-order valence-corrected chi connectivity index (χ2v) is 8.19. The van der Waals surface area contributed by atoms with E-state index >= 15 is 0 Å². The maximum atomic E-state index is 5.48. The number of hydrogen-bond acceptors (Lipinski definition) is 3. The van der Waals surface area contributed by atoms with Crippen LogP contribution < -0.4 is 10.1 Å². The molecule has 0 amide bonds. The average Bonchev–Trinajstić information content (AvgIpc) is 2.56. The lowest BCUT2D eigenvalue weighted by atomic mass is 9.63. The summed E-state index contributed by atoms with van der Waals surface area (Å²) < 4.78 is 7.30. The third kappa shape index (κ3) is 3.79. The van der Waals surface area contributed by atoms with E-state index in [1.165, 1.54) is 24.8 Å². The van der Waals surface area contributed by atoms with Gasteiger partial charge in [-0.15, -0.1) is 0 Å². The molecule has 1 aromatic rings. The van der Waals surface area contributed by atoms with Gasteiger partial charge in [0.2, 0.25) is 5.88 Å². The van der Waals surface area contributed by atoms with Crippen molar-refractivity contribution in [2.75, 3.05) is 7.11 Å². The molecule has 0 spiro atoms. The summed E-state index contributed by atoms with van der Waals surface area (Å²) in [5.41, 5.74) is 3.05. The van der Waals surface area contributed by atoms with Crippen LogP contribution in [0.1, 0.15) is 58.2 Å². The summed E-state index contributed by atoms with van der Waals surface area (Å²) in [6.45, 7) is 12.4. The van der Waals surface area contributed by atoms with Crippen LogP contribution in [-0.4, -0.2) is 22.9 Å². The fourth-order valence-corrected chi connectivity index (χ4v) is 4.38. The van der Waals surface area contributed by atoms with Crippen LogP contribution in [0.2, 0.25) is 0 Å². The first-order chi connectivity index (χ1) is 9.63. The minimum Gasteiger partial charge on any atom is -0.481 e. The third-order valence-corrected chi connectivity index (χ3v) is 4.60. The van der Waals surface area contributed by atoms with Crippen molar-refractivity contribution in [3.63, 3.8) is 0 Å². The molecule has 0 atom stereocenters. The van der Waals surface area contributed by atoms with Gasteiger partial charge >= 0.3 is 0 Å². The molecule has 0 saturated heterocycles. The number of ether oxygens (including phenoxy) is 1. The maximum absolute atomic E-state index is 5.48. The van der Waals surface area contributed by atoms with Gasteiger partial charge in [-0.2, -0.15) is 5.10 Å². The lowest BCUT2D eigenvalue weighted by molar-refractivity contribution is 0.0844. The normalized spacial score (nSPS) is 21.5. The van der Waals surface area contributed by atoms with Crippen LogP contribution in [0.4, 0.5) is 0 Å². The zero-order valence-electron chi connectivity index (χ0n) is 14.7. The quantitative estimate of drug-likeness (QED) is 0.924. The van der Waals surface area contributed by atoms with Gasteiger partial charge in [0.15, 0.2) is 0 Å². The molecule has 1 aliphatic rings. The number of nitrogens with one attached hydrogen (secondary N) is 1. The molecule has 2 rings (SSSR count). The summed E-state index contributed by atoms with van der Waals surface area (Å²) in [6.07, 6.45) is 3.77. The van der Waals surface area contributed by atoms with Crippen molar-refractivity contribution >= 4 is 0 Å². The zero-order valence-corrected chi connectivity index (χ0v) is 14.7. The molecule has 0 aromatic carbocycles. The summed E-state index contributed by atoms with van der Waals surface area (Å²) in [7, 11) is 3.65. The third-order valence-electron chi connectivity index (χ3n) is 4.60. The first-order valence-corrected chi connectivity index (χ1v) is 7.93. The van der Waals surface area contributed by atoms with E-state index in [-0.39, 0.29) is 0 Å². The molecule has 1 aromatic heterocycles. The van der Waals surface area contributed by atoms with E-state index in [1.54, 1.807) is 7.11 Å². The Hall–Kier alpha value is -1.03. The Labute approximate surface area is 129 Å². The van der Waals surface area contributed by atoms with Crippen molar-refractivity contribution in [2.24, 2.45) is 17.9 Å². The number of aromatic nitrogens is 2. The minimum absolute atomic E-state index is 0.410. The minimum atomic E-state index is 0.410. The Bertz CT molecular complexity index is 486. The molecule has 1 saturated carbocycles. The lowest BCUT2D eigenvalue weighted by Crippen LogP contribution is -2.43. The standard InChI is InChI=1S/C17H31N3O/c1-12-14(15(21-7)20(6)19-12)10-18-13-8-16(2,3)11-17(4,5)9-13/h13,18H,8-11H2,1-7H3. The van der Waals surface area contributed by atoms with Crippen LogP contribution in [0.3, 0.4) is 0 Å². The zero-order chi connectivity index (χ0) is 15.8. The smallest absolute Gasteiger partial charge is 0.216 e. The number of rotatable bonds is 4. The van der Waals surface area contributed by atoms with E-state index in [2.05, 4.69) is 38.1 Å². The molecule has 1 fully saturated rings. The van der Waals surface area contributed by atoms with Crippen LogP contribution >= 0.6 is 0 Å². The van der Waals surface area contributed by atoms with Crippen molar-refractivity contribution in [3.8, 4) is 5.88 Å². The van der Waals surface area contributed by atoms with Crippen LogP contribution in [-0.2, 0) is 13.6 Å². The highest BCUT2D eigenvalue weighted by molar-refractivity contribution is 5.30. The molecule has 0 aliphatic heterocycles. The topological polar surface area (TPSA) is 39.1 Å². The van der Waals surface area contributed by atoms with Crippen LogP contribution in [0, 0.1) is 17.8 Å². The van der Waals surface area contributed by atoms with Gasteiger partial charge in [-0.25, -0.2) is 4.68 Å². The molecule has 0 unspecified atom stereocenters. The molecule has 1 N–H and O–H groups in total. The van der Waals surface area contributed by atoms with E-state index in [4.69, 9.17) is 4.74 Å². The number of aryl methyl sites for hydroxylation is 2. The van der Waals surface area contributed by atoms with Crippen molar-refractivity contribution in [3.05, 3.63) is 11.3 Å². The average molecular weight is 293 g/mol. The molecule has 21 heavy (non-hydrogen) atoms. The molecular weight excluding hydrogens is 262 g/mol. The highest BCUT2D eigenvalue weighted by atomic mass is 16.5. The van der Waals surface area contributed by atoms with Gasteiger partial charge in [-0.3, -0.25) is 0 Å². The summed E-state index contributed by atoms with van der Waals surface area (Å²) in [5, 5.41) is 8.20. The first-order valence-electron chi connectivity index (χ1n) is 7.93. The molecule has 120 valence electrons. The monoisotopic (exact) mass is 293 g/mol. The van der Waals surface area contributed by atoms with Crippen molar-refractivity contribution in [2.45, 2.75) is 66.5 Å². The Balaban J connectivity index is 2.06. The van der Waals surface area contributed by atoms with E-state index in [9.17, 15) is 0 Å². The molecular formula is C17H31N3O. The van der Waals surface area contributed by atoms with Crippen LogP contribution in [0.5, 0.6) is 5.88 Å². The van der Waals surface area contributed by atoms with Gasteiger partial charge in [-0.1, -0.05) is 27.7 Å². The van der Waals surface area contributed by atoms with Gasteiger partial charge in [-0.05, 0) is 37.0 Å². The first kappa shape index (κ1) is 16.3. The van der Waals surface area contributed by atoms with E-state index in [1.807, 2.05) is 18.7 Å². The van der Waals surface area contributed by atoms with Gasteiger partial charge < -0.3 is 10.1 Å². The van der Waals surface area contributed by atoms with Gasteiger partial charge in [0.25, 0.3) is 0 Å². The fraction of sp³-hybridized carbons (Fsp3) is 0.824. The Morgan fingerprint density at radius 3 is 2.33 bits per heavy atom. The van der Waals surface area contributed by atoms with Gasteiger partial charge in [0, 0.05) is 19.6 Å². The molecule has 1 heterocycles. The van der Waals surface area contributed by atoms with Gasteiger partial charge in [0.1, 0.15) is 0 Å². The second-order valence-electron chi connectivity index (χ2n) is 8.19. The highest BCUT2D eigenvalue weighted by Gasteiger charge is 2.38. The lowest BCUT2D eigenvalue weighted by Gasteiger charge is -2.45. The predicted molar refractivity (Wildman–Crippen MR) is 86.5 cm³/mol. The maximum Gasteiger partial charge on any atom is 0.216 e.